The molecule has 0 aromatic rings. The van der Waals surface area contributed by atoms with Crippen molar-refractivity contribution in [3.63, 3.8) is 0 Å². The summed E-state index contributed by atoms with van der Waals surface area (Å²) in [6.45, 7) is 5.03. The molecule has 1 atom stereocenters. The summed E-state index contributed by atoms with van der Waals surface area (Å²) in [5.74, 6) is -8.34. The van der Waals surface area contributed by atoms with Crippen LogP contribution in [0.15, 0.2) is 24.9 Å². The predicted molar refractivity (Wildman–Crippen MR) is 73.2 cm³/mol. The van der Waals surface area contributed by atoms with Gasteiger partial charge in [-0.2, -0.15) is 22.0 Å². The second-order valence-corrected chi connectivity index (χ2v) is 6.16. The van der Waals surface area contributed by atoms with Gasteiger partial charge >= 0.3 is 29.1 Å². The van der Waals surface area contributed by atoms with E-state index in [1.165, 1.54) is 5.32 Å². The third-order valence-corrected chi connectivity index (χ3v) is 3.49. The molecule has 0 spiro atoms. The van der Waals surface area contributed by atoms with E-state index < -0.39 is 57.8 Å². The minimum absolute atomic E-state index is 0.456. The number of esters is 1. The number of rotatable bonds is 9. The fourth-order valence-electron chi connectivity index (χ4n) is 1.25. The van der Waals surface area contributed by atoms with Crippen LogP contribution in [0.4, 0.5) is 22.0 Å². The van der Waals surface area contributed by atoms with Crippen LogP contribution in [0.3, 0.4) is 0 Å². The molecule has 0 aromatic carbocycles. The molecule has 0 fully saturated rings. The van der Waals surface area contributed by atoms with Crippen molar-refractivity contribution in [1.82, 2.24) is 5.32 Å². The Morgan fingerprint density at radius 2 is 1.73 bits per heavy atom. The van der Waals surface area contributed by atoms with Crippen molar-refractivity contribution < 1.29 is 54.0 Å². The number of ether oxygens (including phenoxy) is 2. The van der Waals surface area contributed by atoms with Crippen molar-refractivity contribution in [2.75, 3.05) is 6.61 Å². The maximum Gasteiger partial charge on any atom is 0.466 e. The molecule has 0 bridgehead atoms. The summed E-state index contributed by atoms with van der Waals surface area (Å²) in [7, 11) is -6.21. The van der Waals surface area contributed by atoms with Crippen molar-refractivity contribution in [3.8, 4) is 0 Å². The van der Waals surface area contributed by atoms with E-state index in [1.807, 2.05) is 0 Å². The van der Waals surface area contributed by atoms with Gasteiger partial charge in [-0.3, -0.25) is 4.79 Å². The average Bonchev–Trinajstić information content (AvgIpc) is 2.43. The van der Waals surface area contributed by atoms with Gasteiger partial charge in [-0.1, -0.05) is 13.2 Å². The van der Waals surface area contributed by atoms with Crippen LogP contribution in [0.25, 0.3) is 0 Å². The van der Waals surface area contributed by atoms with E-state index in [9.17, 15) is 44.5 Å². The zero-order valence-corrected chi connectivity index (χ0v) is 13.9. The SMILES string of the molecule is C=CNC(=O)C(OCCC(F)(F)S(=O)(=O)[O-])(OC(=O)C(=C)C)C(F)(F)F. The smallest absolute Gasteiger partial charge is 0.466 e. The van der Waals surface area contributed by atoms with Crippen LogP contribution in [0.2, 0.25) is 0 Å². The fraction of sp³-hybridized carbons (Fsp3) is 0.500. The van der Waals surface area contributed by atoms with Gasteiger partial charge in [0.15, 0.2) is 10.1 Å². The van der Waals surface area contributed by atoms with E-state index in [1.54, 1.807) is 0 Å². The summed E-state index contributed by atoms with van der Waals surface area (Å²) < 4.78 is 105. The van der Waals surface area contributed by atoms with E-state index in [2.05, 4.69) is 22.6 Å². The van der Waals surface area contributed by atoms with Crippen molar-refractivity contribution >= 4 is 22.0 Å². The molecular weight excluding hydrogens is 397 g/mol. The molecule has 0 aromatic heterocycles. The zero-order valence-electron chi connectivity index (χ0n) is 13.1. The van der Waals surface area contributed by atoms with Gasteiger partial charge in [0.05, 0.1) is 6.61 Å². The van der Waals surface area contributed by atoms with Crippen molar-refractivity contribution in [3.05, 3.63) is 24.9 Å². The van der Waals surface area contributed by atoms with Gasteiger partial charge in [0.2, 0.25) is 0 Å². The van der Waals surface area contributed by atoms with Crippen LogP contribution in [0.5, 0.6) is 0 Å². The van der Waals surface area contributed by atoms with Crippen molar-refractivity contribution in [2.24, 2.45) is 0 Å². The summed E-state index contributed by atoms with van der Waals surface area (Å²) in [5.41, 5.74) is -0.596. The molecule has 1 unspecified atom stereocenters. The second kappa shape index (κ2) is 8.09. The monoisotopic (exact) mass is 410 g/mol. The molecular formula is C12H13F5NO7S-. The molecule has 1 amide bonds. The highest BCUT2D eigenvalue weighted by atomic mass is 32.2. The lowest BCUT2D eigenvalue weighted by Crippen LogP contribution is -2.61. The lowest BCUT2D eigenvalue weighted by molar-refractivity contribution is -0.347. The first-order chi connectivity index (χ1) is 11.5. The van der Waals surface area contributed by atoms with Crippen molar-refractivity contribution in [1.29, 1.82) is 0 Å². The first-order valence-corrected chi connectivity index (χ1v) is 7.77. The van der Waals surface area contributed by atoms with Crippen LogP contribution in [0, 0.1) is 0 Å². The van der Waals surface area contributed by atoms with E-state index >= 15 is 0 Å². The molecule has 14 heteroatoms. The Hall–Kier alpha value is -2.06. The quantitative estimate of drug-likeness (QED) is 0.199. The first-order valence-electron chi connectivity index (χ1n) is 6.36. The van der Waals surface area contributed by atoms with Gasteiger partial charge in [0.25, 0.3) is 0 Å². The normalized spacial score (nSPS) is 14.9. The van der Waals surface area contributed by atoms with Crippen molar-refractivity contribution in [2.45, 2.75) is 30.6 Å². The maximum atomic E-state index is 13.3. The highest BCUT2D eigenvalue weighted by Crippen LogP contribution is 2.37. The average molecular weight is 410 g/mol. The molecule has 0 aliphatic carbocycles. The number of halogens is 5. The second-order valence-electron chi connectivity index (χ2n) is 4.65. The number of hydrogen-bond acceptors (Lipinski definition) is 7. The molecule has 150 valence electrons. The maximum absolute atomic E-state index is 13.3. The van der Waals surface area contributed by atoms with E-state index in [0.29, 0.717) is 6.20 Å². The Morgan fingerprint density at radius 3 is 2.08 bits per heavy atom. The lowest BCUT2D eigenvalue weighted by Gasteiger charge is -2.33. The highest BCUT2D eigenvalue weighted by Gasteiger charge is 2.66. The Balaban J connectivity index is 5.83. The number of alkyl halides is 5. The lowest BCUT2D eigenvalue weighted by atomic mass is 10.2. The van der Waals surface area contributed by atoms with Gasteiger partial charge in [0, 0.05) is 12.0 Å². The molecule has 0 saturated heterocycles. The van der Waals surface area contributed by atoms with Gasteiger partial charge in [0.1, 0.15) is 0 Å². The Kier molecular flexibility index (Phi) is 7.45. The largest absolute Gasteiger partial charge is 0.743 e. The third-order valence-electron chi connectivity index (χ3n) is 2.55. The summed E-state index contributed by atoms with van der Waals surface area (Å²) in [6.07, 6.45) is -7.36. The van der Waals surface area contributed by atoms with Crippen LogP contribution >= 0.6 is 0 Å². The van der Waals surface area contributed by atoms with E-state index in [4.69, 9.17) is 0 Å². The molecule has 0 radical (unpaired) electrons. The Morgan fingerprint density at radius 1 is 1.23 bits per heavy atom. The molecule has 0 saturated carbocycles. The number of hydrogen-bond donors (Lipinski definition) is 1. The van der Waals surface area contributed by atoms with Gasteiger partial charge in [-0.05, 0) is 13.1 Å². The number of amides is 1. The Labute approximate surface area is 144 Å². The fourth-order valence-corrected chi connectivity index (χ4v) is 1.59. The molecule has 0 heterocycles. The highest BCUT2D eigenvalue weighted by molar-refractivity contribution is 7.86. The van der Waals surface area contributed by atoms with Gasteiger partial charge < -0.3 is 19.3 Å². The first kappa shape index (κ1) is 23.9. The summed E-state index contributed by atoms with van der Waals surface area (Å²) in [6, 6.07) is 0. The molecule has 1 N–H and O–H groups in total. The zero-order chi connectivity index (χ0) is 21.0. The molecule has 0 aliphatic rings. The number of carbonyl (C=O) groups is 2. The predicted octanol–water partition coefficient (Wildman–Crippen LogP) is 1.17. The summed E-state index contributed by atoms with van der Waals surface area (Å²) >= 11 is 0. The van der Waals surface area contributed by atoms with Crippen LogP contribution in [0.1, 0.15) is 13.3 Å². The molecule has 8 nitrogen and oxygen atoms in total. The van der Waals surface area contributed by atoms with Crippen LogP contribution in [-0.2, 0) is 29.2 Å². The number of carbonyl (C=O) groups excluding carboxylic acids is 2. The summed E-state index contributed by atoms with van der Waals surface area (Å²) in [4.78, 5) is 23.2. The Bertz CT molecular complexity index is 689. The minimum Gasteiger partial charge on any atom is -0.743 e. The minimum atomic E-state index is -6.21. The standard InChI is InChI=1S/C12H14F5NO7S/c1-4-18-9(20)11(12(15,16)17,25-8(19)7(2)3)24-6-5-10(13,14)26(21,22)23/h4H,1-2,5-6H2,3H3,(H,18,20)(H,21,22,23)/p-1. The van der Waals surface area contributed by atoms with Gasteiger partial charge in [-0.25, -0.2) is 13.2 Å². The van der Waals surface area contributed by atoms with E-state index in [0.717, 1.165) is 6.92 Å². The molecule has 0 rings (SSSR count). The van der Waals surface area contributed by atoms with Crippen LogP contribution in [-0.4, -0.2) is 48.7 Å². The molecule has 26 heavy (non-hydrogen) atoms. The summed E-state index contributed by atoms with van der Waals surface area (Å²) in [5, 5.41) is -3.57. The topological polar surface area (TPSA) is 122 Å². The van der Waals surface area contributed by atoms with E-state index in [-0.39, 0.29) is 0 Å². The number of nitrogens with one attached hydrogen (secondary N) is 1. The molecule has 0 aliphatic heterocycles. The van der Waals surface area contributed by atoms with Gasteiger partial charge in [-0.15, -0.1) is 0 Å². The third kappa shape index (κ3) is 5.47. The van der Waals surface area contributed by atoms with Crippen LogP contribution < -0.4 is 5.32 Å².